The van der Waals surface area contributed by atoms with E-state index < -0.39 is 0 Å². The van der Waals surface area contributed by atoms with Gasteiger partial charge in [0.1, 0.15) is 0 Å². The van der Waals surface area contributed by atoms with Gasteiger partial charge in [0.05, 0.1) is 6.67 Å². The third-order valence-electron chi connectivity index (χ3n) is 4.54. The average molecular weight is 396 g/mol. The van der Waals surface area contributed by atoms with Gasteiger partial charge in [-0.2, -0.15) is 5.10 Å². The molecule has 0 unspecified atom stereocenters. The summed E-state index contributed by atoms with van der Waals surface area (Å²) in [6, 6.07) is 17.7. The van der Waals surface area contributed by atoms with E-state index >= 15 is 0 Å². The highest BCUT2D eigenvalue weighted by Crippen LogP contribution is 2.18. The maximum absolute atomic E-state index is 11.7. The zero-order chi connectivity index (χ0) is 20.1. The number of nitrogens with zero attached hydrogens (tertiary/aromatic N) is 4. The van der Waals surface area contributed by atoms with E-state index in [4.69, 9.17) is 17.3 Å². The van der Waals surface area contributed by atoms with Crippen LogP contribution >= 0.6 is 12.2 Å². The molecule has 0 saturated heterocycles. The Morgan fingerprint density at radius 2 is 1.82 bits per heavy atom. The second-order valence-corrected chi connectivity index (χ2v) is 7.01. The minimum absolute atomic E-state index is 0.0789. The summed E-state index contributed by atoms with van der Waals surface area (Å²) in [5.41, 5.74) is 2.84. The predicted molar refractivity (Wildman–Crippen MR) is 113 cm³/mol. The van der Waals surface area contributed by atoms with Crippen LogP contribution in [0.2, 0.25) is 0 Å². The first-order chi connectivity index (χ1) is 13.5. The van der Waals surface area contributed by atoms with Gasteiger partial charge >= 0.3 is 0 Å². The molecule has 3 rings (SSSR count). The molecule has 6 nitrogen and oxygen atoms in total. The number of hydrogen-bond donors (Lipinski definition) is 1. The molecule has 2 aromatic carbocycles. The average Bonchev–Trinajstić information content (AvgIpc) is 3.03. The molecule has 1 aromatic heterocycles. The van der Waals surface area contributed by atoms with Crippen LogP contribution in [0.4, 0.5) is 0 Å². The van der Waals surface area contributed by atoms with E-state index in [0.29, 0.717) is 17.0 Å². The first-order valence-electron chi connectivity index (χ1n) is 9.26. The van der Waals surface area contributed by atoms with E-state index in [2.05, 4.69) is 21.7 Å². The fraction of sp³-hybridized carbons (Fsp3) is 0.286. The van der Waals surface area contributed by atoms with E-state index in [-0.39, 0.29) is 5.91 Å². The van der Waals surface area contributed by atoms with Crippen molar-refractivity contribution in [1.82, 2.24) is 24.6 Å². The molecule has 1 heterocycles. The number of rotatable bonds is 7. The van der Waals surface area contributed by atoms with Gasteiger partial charge in [0, 0.05) is 31.3 Å². The molecular formula is C21H25N5OS. The monoisotopic (exact) mass is 395 g/mol. The molecule has 7 heteroatoms. The second kappa shape index (κ2) is 8.95. The van der Waals surface area contributed by atoms with Crippen molar-refractivity contribution < 1.29 is 4.79 Å². The van der Waals surface area contributed by atoms with Crippen LogP contribution in [0.15, 0.2) is 54.6 Å². The number of nitrogens with one attached hydrogen (secondary N) is 1. The van der Waals surface area contributed by atoms with Crippen LogP contribution in [0.1, 0.15) is 22.8 Å². The van der Waals surface area contributed by atoms with Crippen LogP contribution in [-0.4, -0.2) is 39.3 Å². The first-order valence-corrected chi connectivity index (χ1v) is 9.67. The lowest BCUT2D eigenvalue weighted by Gasteiger charge is -2.16. The van der Waals surface area contributed by atoms with Gasteiger partial charge in [0.2, 0.25) is 0 Å². The Labute approximate surface area is 170 Å². The summed E-state index contributed by atoms with van der Waals surface area (Å²) in [5, 5.41) is 7.39. The van der Waals surface area contributed by atoms with Crippen molar-refractivity contribution >= 4 is 18.1 Å². The van der Waals surface area contributed by atoms with Crippen molar-refractivity contribution in [2.45, 2.75) is 26.7 Å². The number of carbonyl (C=O) groups excluding carboxylic acids is 1. The molecule has 0 aliphatic rings. The Balaban J connectivity index is 1.75. The van der Waals surface area contributed by atoms with Crippen LogP contribution in [0, 0.1) is 4.77 Å². The lowest BCUT2D eigenvalue weighted by Crippen LogP contribution is -2.23. The Morgan fingerprint density at radius 1 is 1.14 bits per heavy atom. The maximum atomic E-state index is 11.7. The highest BCUT2D eigenvalue weighted by atomic mass is 32.1. The van der Waals surface area contributed by atoms with Crippen molar-refractivity contribution in [3.8, 4) is 11.4 Å². The van der Waals surface area contributed by atoms with Gasteiger partial charge < -0.3 is 9.88 Å². The van der Waals surface area contributed by atoms with Gasteiger partial charge in [-0.25, -0.2) is 4.68 Å². The third kappa shape index (κ3) is 4.37. The summed E-state index contributed by atoms with van der Waals surface area (Å²) in [6.07, 6.45) is 0. The molecule has 146 valence electrons. The minimum Gasteiger partial charge on any atom is -0.355 e. The van der Waals surface area contributed by atoms with Crippen LogP contribution in [0.25, 0.3) is 11.4 Å². The van der Waals surface area contributed by atoms with Crippen LogP contribution < -0.4 is 5.32 Å². The Bertz CT molecular complexity index is 992. The van der Waals surface area contributed by atoms with Crippen LogP contribution in [-0.2, 0) is 19.8 Å². The second-order valence-electron chi connectivity index (χ2n) is 6.65. The highest BCUT2D eigenvalue weighted by molar-refractivity contribution is 7.71. The summed E-state index contributed by atoms with van der Waals surface area (Å²) in [7, 11) is 3.66. The summed E-state index contributed by atoms with van der Waals surface area (Å²) < 4.78 is 4.62. The molecule has 1 N–H and O–H groups in total. The van der Waals surface area contributed by atoms with Crippen molar-refractivity contribution in [1.29, 1.82) is 0 Å². The topological polar surface area (TPSA) is 55.1 Å². The number of aromatic nitrogens is 3. The number of amides is 1. The highest BCUT2D eigenvalue weighted by Gasteiger charge is 2.13. The number of benzene rings is 2. The molecule has 0 saturated carbocycles. The van der Waals surface area contributed by atoms with E-state index in [1.165, 1.54) is 0 Å². The Morgan fingerprint density at radius 3 is 2.43 bits per heavy atom. The number of carbonyl (C=O) groups is 1. The largest absolute Gasteiger partial charge is 0.355 e. The van der Waals surface area contributed by atoms with Crippen molar-refractivity contribution in [3.05, 3.63) is 70.5 Å². The standard InChI is InChI=1S/C21H25N5OS/c1-4-25-19(17-8-6-5-7-9-17)23-26(21(25)28)15-24(3)14-16-10-12-18(13-11-16)20(27)22-2/h5-13H,4,14-15H2,1-3H3,(H,22,27). The molecule has 0 fully saturated rings. The molecule has 1 amide bonds. The molecule has 0 bridgehead atoms. The Hall–Kier alpha value is -2.77. The SMILES string of the molecule is CCn1c(-c2ccccc2)nn(CN(C)Cc2ccc(C(=O)NC)cc2)c1=S. The summed E-state index contributed by atoms with van der Waals surface area (Å²) >= 11 is 5.65. The molecule has 0 radical (unpaired) electrons. The van der Waals surface area contributed by atoms with Crippen LogP contribution in [0.5, 0.6) is 0 Å². The zero-order valence-corrected chi connectivity index (χ0v) is 17.2. The van der Waals surface area contributed by atoms with Gasteiger partial charge in [0.25, 0.3) is 5.91 Å². The van der Waals surface area contributed by atoms with Gasteiger partial charge in [0.15, 0.2) is 10.6 Å². The van der Waals surface area contributed by atoms with Gasteiger partial charge in [-0.3, -0.25) is 9.69 Å². The van der Waals surface area contributed by atoms with Gasteiger partial charge in [-0.05, 0) is 43.9 Å². The molecule has 0 spiro atoms. The van der Waals surface area contributed by atoms with Crippen molar-refractivity contribution in [2.24, 2.45) is 0 Å². The molecule has 3 aromatic rings. The zero-order valence-electron chi connectivity index (χ0n) is 16.4. The first kappa shape index (κ1) is 20.0. The van der Waals surface area contributed by atoms with Gasteiger partial charge in [-0.1, -0.05) is 42.5 Å². The van der Waals surface area contributed by atoms with Crippen molar-refractivity contribution in [3.63, 3.8) is 0 Å². The molecule has 0 atom stereocenters. The van der Waals surface area contributed by atoms with E-state index in [9.17, 15) is 4.79 Å². The molecular weight excluding hydrogens is 370 g/mol. The smallest absolute Gasteiger partial charge is 0.251 e. The number of hydrogen-bond acceptors (Lipinski definition) is 4. The molecule has 0 aliphatic heterocycles. The Kier molecular flexibility index (Phi) is 6.38. The maximum Gasteiger partial charge on any atom is 0.251 e. The summed E-state index contributed by atoms with van der Waals surface area (Å²) in [6.45, 7) is 4.16. The van der Waals surface area contributed by atoms with E-state index in [1.54, 1.807) is 7.05 Å². The lowest BCUT2D eigenvalue weighted by atomic mass is 10.1. The lowest BCUT2D eigenvalue weighted by molar-refractivity contribution is 0.0963. The summed E-state index contributed by atoms with van der Waals surface area (Å²) in [4.78, 5) is 13.8. The fourth-order valence-electron chi connectivity index (χ4n) is 3.12. The third-order valence-corrected chi connectivity index (χ3v) is 4.97. The normalized spacial score (nSPS) is 11.0. The van der Waals surface area contributed by atoms with E-state index in [0.717, 1.165) is 30.0 Å². The summed E-state index contributed by atoms with van der Waals surface area (Å²) in [5.74, 6) is 0.807. The van der Waals surface area contributed by atoms with Gasteiger partial charge in [-0.15, -0.1) is 0 Å². The van der Waals surface area contributed by atoms with Crippen LogP contribution in [0.3, 0.4) is 0 Å². The fourth-order valence-corrected chi connectivity index (χ4v) is 3.43. The molecule has 28 heavy (non-hydrogen) atoms. The molecule has 0 aliphatic carbocycles. The quantitative estimate of drug-likeness (QED) is 0.622. The minimum atomic E-state index is -0.0789. The predicted octanol–water partition coefficient (Wildman–Crippen LogP) is 3.55. The van der Waals surface area contributed by atoms with Crippen molar-refractivity contribution in [2.75, 3.05) is 14.1 Å². The van der Waals surface area contributed by atoms with E-state index in [1.807, 2.05) is 66.3 Å².